The van der Waals surface area contributed by atoms with Gasteiger partial charge in [0.1, 0.15) is 0 Å². The van der Waals surface area contributed by atoms with E-state index in [-0.39, 0.29) is 24.0 Å². The number of rotatable bonds is 11. The molecular weight excluding hydrogens is 492 g/mol. The van der Waals surface area contributed by atoms with E-state index in [1.54, 1.807) is 13.1 Å². The van der Waals surface area contributed by atoms with Gasteiger partial charge in [0, 0.05) is 12.4 Å². The number of amides is 1. The first-order valence-corrected chi connectivity index (χ1v) is 16.1. The van der Waals surface area contributed by atoms with Gasteiger partial charge in [-0.1, -0.05) is 81.4 Å². The van der Waals surface area contributed by atoms with E-state index >= 15 is 0 Å². The molecule has 1 aromatic heterocycles. The summed E-state index contributed by atoms with van der Waals surface area (Å²) in [4.78, 5) is 30.7. The van der Waals surface area contributed by atoms with Crippen molar-refractivity contribution in [3.63, 3.8) is 0 Å². The lowest BCUT2D eigenvalue weighted by atomic mass is 9.98. The highest BCUT2D eigenvalue weighted by atomic mass is 28.4. The molecule has 3 rings (SSSR count). The molecule has 0 spiro atoms. The van der Waals surface area contributed by atoms with E-state index in [4.69, 9.17) is 9.16 Å². The molecule has 7 heteroatoms. The molecule has 0 saturated carbocycles. The third kappa shape index (κ3) is 8.10. The Morgan fingerprint density at radius 1 is 0.921 bits per heavy atom. The van der Waals surface area contributed by atoms with Crippen molar-refractivity contribution >= 4 is 20.2 Å². The van der Waals surface area contributed by atoms with Crippen molar-refractivity contribution in [1.29, 1.82) is 0 Å². The summed E-state index contributed by atoms with van der Waals surface area (Å²) in [5, 5.41) is 3.00. The van der Waals surface area contributed by atoms with Crippen LogP contribution in [0.1, 0.15) is 38.8 Å². The maximum Gasteiger partial charge on any atom is 0.336 e. The molecule has 1 heterocycles. The maximum absolute atomic E-state index is 13.3. The van der Waals surface area contributed by atoms with Gasteiger partial charge in [0.2, 0.25) is 5.91 Å². The molecule has 0 radical (unpaired) electrons. The fraction of sp³-hybridized carbons (Fsp3) is 0.387. The van der Waals surface area contributed by atoms with E-state index in [1.165, 1.54) is 0 Å². The summed E-state index contributed by atoms with van der Waals surface area (Å²) in [5.74, 6) is -0.615. The van der Waals surface area contributed by atoms with Crippen LogP contribution in [0.5, 0.6) is 0 Å². The summed E-state index contributed by atoms with van der Waals surface area (Å²) >= 11 is 0. The summed E-state index contributed by atoms with van der Waals surface area (Å²) in [7, 11) is -2.38. The molecule has 202 valence electrons. The predicted molar refractivity (Wildman–Crippen MR) is 154 cm³/mol. The summed E-state index contributed by atoms with van der Waals surface area (Å²) in [5.41, 5.74) is 3.96. The van der Waals surface area contributed by atoms with Gasteiger partial charge in [0.05, 0.1) is 19.1 Å². The van der Waals surface area contributed by atoms with Gasteiger partial charge < -0.3 is 14.5 Å². The summed E-state index contributed by atoms with van der Waals surface area (Å²) < 4.78 is 12.1. The lowest BCUT2D eigenvalue weighted by molar-refractivity contribution is -0.153. The number of nitrogens with zero attached hydrogens (tertiary/aromatic N) is 1. The number of ether oxygens (including phenoxy) is 1. The third-order valence-electron chi connectivity index (χ3n) is 7.07. The van der Waals surface area contributed by atoms with Crippen molar-refractivity contribution in [3.05, 3.63) is 90.3 Å². The van der Waals surface area contributed by atoms with Gasteiger partial charge in [0.15, 0.2) is 14.4 Å². The summed E-state index contributed by atoms with van der Waals surface area (Å²) in [6, 6.07) is 21.0. The minimum Gasteiger partial charge on any atom is -0.464 e. The number of carbonyl (C=O) groups is 2. The van der Waals surface area contributed by atoms with Crippen LogP contribution >= 0.6 is 0 Å². The van der Waals surface area contributed by atoms with Crippen LogP contribution in [-0.2, 0) is 31.6 Å². The molecule has 1 N–H and O–H groups in total. The molecule has 0 bridgehead atoms. The molecule has 6 nitrogen and oxygen atoms in total. The molecule has 3 aromatic rings. The molecule has 0 aliphatic carbocycles. The number of carbonyl (C=O) groups excluding carboxylic acids is 2. The van der Waals surface area contributed by atoms with Gasteiger partial charge in [0.25, 0.3) is 0 Å². The number of hydrogen-bond acceptors (Lipinski definition) is 5. The zero-order valence-corrected chi connectivity index (χ0v) is 24.4. The fourth-order valence-electron chi connectivity index (χ4n) is 3.91. The number of benzene rings is 2. The van der Waals surface area contributed by atoms with Gasteiger partial charge in [-0.3, -0.25) is 9.78 Å². The van der Waals surface area contributed by atoms with E-state index in [2.05, 4.69) is 44.2 Å². The van der Waals surface area contributed by atoms with Crippen LogP contribution in [0.25, 0.3) is 11.1 Å². The van der Waals surface area contributed by atoms with Gasteiger partial charge in [-0.2, -0.15) is 0 Å². The molecule has 0 aliphatic heterocycles. The van der Waals surface area contributed by atoms with E-state index < -0.39 is 26.4 Å². The van der Waals surface area contributed by atoms with Crippen LogP contribution in [0.3, 0.4) is 0 Å². The highest BCUT2D eigenvalue weighted by Gasteiger charge is 2.44. The largest absolute Gasteiger partial charge is 0.464 e. The summed E-state index contributed by atoms with van der Waals surface area (Å²) in [6.45, 7) is 12.6. The van der Waals surface area contributed by atoms with Crippen LogP contribution in [0.2, 0.25) is 18.1 Å². The number of esters is 1. The van der Waals surface area contributed by atoms with Crippen molar-refractivity contribution < 1.29 is 18.8 Å². The Morgan fingerprint density at radius 2 is 1.61 bits per heavy atom. The van der Waals surface area contributed by atoms with Crippen LogP contribution in [0.15, 0.2) is 79.1 Å². The normalized spacial score (nSPS) is 13.4. The van der Waals surface area contributed by atoms with E-state index in [0.717, 1.165) is 22.3 Å². The second-order valence-electron chi connectivity index (χ2n) is 11.0. The monoisotopic (exact) mass is 532 g/mol. The average Bonchev–Trinajstić information content (AvgIpc) is 2.88. The van der Waals surface area contributed by atoms with E-state index in [0.29, 0.717) is 6.42 Å². The first-order chi connectivity index (χ1) is 18.0. The molecule has 0 saturated heterocycles. The molecular formula is C31H40N2O4Si. The SMILES string of the molecule is CCOC(=O)C(O[Si](C)(C)C(C)(C)C)C(Cc1ccc(-c2cccnc2)cc1)NC(=O)Cc1ccccc1. The minimum atomic E-state index is -2.38. The molecule has 2 aromatic carbocycles. The maximum atomic E-state index is 13.3. The van der Waals surface area contributed by atoms with Crippen molar-refractivity contribution in [2.75, 3.05) is 6.61 Å². The molecule has 2 unspecified atom stereocenters. The van der Waals surface area contributed by atoms with Gasteiger partial charge in [-0.25, -0.2) is 4.79 Å². The Bertz CT molecular complexity index is 1180. The van der Waals surface area contributed by atoms with E-state index in [1.807, 2.05) is 72.9 Å². The van der Waals surface area contributed by atoms with Gasteiger partial charge >= 0.3 is 5.97 Å². The van der Waals surface area contributed by atoms with E-state index in [9.17, 15) is 9.59 Å². The Labute approximate surface area is 227 Å². The minimum absolute atomic E-state index is 0.123. The summed E-state index contributed by atoms with van der Waals surface area (Å²) in [6.07, 6.45) is 3.29. The Hall–Kier alpha value is -3.29. The van der Waals surface area contributed by atoms with Crippen LogP contribution in [-0.4, -0.2) is 43.9 Å². The lowest BCUT2D eigenvalue weighted by Gasteiger charge is -2.40. The Balaban J connectivity index is 1.91. The average molecular weight is 533 g/mol. The second-order valence-corrected chi connectivity index (χ2v) is 15.8. The van der Waals surface area contributed by atoms with Gasteiger partial charge in [-0.15, -0.1) is 0 Å². The van der Waals surface area contributed by atoms with Crippen molar-refractivity contribution in [1.82, 2.24) is 10.3 Å². The Morgan fingerprint density at radius 3 is 2.18 bits per heavy atom. The molecule has 1 amide bonds. The first kappa shape index (κ1) is 29.3. The first-order valence-electron chi connectivity index (χ1n) is 13.2. The number of aromatic nitrogens is 1. The zero-order chi connectivity index (χ0) is 27.8. The van der Waals surface area contributed by atoms with Gasteiger partial charge in [-0.05, 0) is 59.8 Å². The van der Waals surface area contributed by atoms with Crippen molar-refractivity contribution in [2.45, 2.75) is 70.8 Å². The van der Waals surface area contributed by atoms with Crippen molar-refractivity contribution in [2.24, 2.45) is 0 Å². The highest BCUT2D eigenvalue weighted by Crippen LogP contribution is 2.38. The zero-order valence-electron chi connectivity index (χ0n) is 23.4. The lowest BCUT2D eigenvalue weighted by Crippen LogP contribution is -2.56. The fourth-order valence-corrected chi connectivity index (χ4v) is 5.16. The number of nitrogens with one attached hydrogen (secondary N) is 1. The molecule has 0 aliphatic rings. The predicted octanol–water partition coefficient (Wildman–Crippen LogP) is 5.97. The third-order valence-corrected chi connectivity index (χ3v) is 11.5. The quantitative estimate of drug-likeness (QED) is 0.243. The number of hydrogen-bond donors (Lipinski definition) is 1. The van der Waals surface area contributed by atoms with Crippen molar-refractivity contribution in [3.8, 4) is 11.1 Å². The number of pyridine rings is 1. The molecule has 2 atom stereocenters. The Kier molecular flexibility index (Phi) is 10.00. The van der Waals surface area contributed by atoms with Crippen LogP contribution in [0, 0.1) is 0 Å². The second kappa shape index (κ2) is 13.0. The molecule has 38 heavy (non-hydrogen) atoms. The smallest absolute Gasteiger partial charge is 0.336 e. The highest BCUT2D eigenvalue weighted by molar-refractivity contribution is 6.74. The van der Waals surface area contributed by atoms with Crippen LogP contribution in [0.4, 0.5) is 0 Å². The van der Waals surface area contributed by atoms with Crippen LogP contribution < -0.4 is 5.32 Å². The standard InChI is InChI=1S/C31H40N2O4Si/c1-7-36-30(35)29(37-38(5,6)31(2,3)4)27(33-28(34)21-23-12-9-8-10-13-23)20-24-15-17-25(18-16-24)26-14-11-19-32-22-26/h8-19,22,27,29H,7,20-21H2,1-6H3,(H,33,34). The topological polar surface area (TPSA) is 77.5 Å². The molecule has 0 fully saturated rings.